The van der Waals surface area contributed by atoms with Gasteiger partial charge in [-0.2, -0.15) is 0 Å². The first kappa shape index (κ1) is 15.3. The fourth-order valence-electron chi connectivity index (χ4n) is 1.77. The average Bonchev–Trinajstić information content (AvgIpc) is 2.44. The molecule has 19 heavy (non-hydrogen) atoms. The second-order valence-corrected chi connectivity index (χ2v) is 4.42. The minimum absolute atomic E-state index is 0.327. The Labute approximate surface area is 113 Å². The van der Waals surface area contributed by atoms with E-state index < -0.39 is 5.54 Å². The molecule has 0 radical (unpaired) electrons. The number of hydrogen-bond acceptors (Lipinski definition) is 5. The van der Waals surface area contributed by atoms with Crippen molar-refractivity contribution in [2.75, 3.05) is 33.3 Å². The van der Waals surface area contributed by atoms with Crippen LogP contribution < -0.4 is 10.1 Å². The fourth-order valence-corrected chi connectivity index (χ4v) is 1.77. The van der Waals surface area contributed by atoms with E-state index in [1.807, 2.05) is 24.3 Å². The largest absolute Gasteiger partial charge is 0.497 e. The summed E-state index contributed by atoms with van der Waals surface area (Å²) in [6.45, 7) is 2.25. The van der Waals surface area contributed by atoms with Gasteiger partial charge in [0.1, 0.15) is 11.3 Å². The van der Waals surface area contributed by atoms with Gasteiger partial charge in [0, 0.05) is 31.9 Å². The van der Waals surface area contributed by atoms with Crippen LogP contribution in [-0.4, -0.2) is 39.4 Å². The van der Waals surface area contributed by atoms with Gasteiger partial charge in [-0.3, -0.25) is 0 Å². The lowest BCUT2D eigenvalue weighted by molar-refractivity contribution is -0.146. The predicted octanol–water partition coefficient (Wildman–Crippen LogP) is 2.08. The van der Waals surface area contributed by atoms with Crippen molar-refractivity contribution in [2.24, 2.45) is 0 Å². The van der Waals surface area contributed by atoms with Crippen molar-refractivity contribution in [3.05, 3.63) is 24.3 Å². The highest BCUT2D eigenvalue weighted by atomic mass is 16.5. The molecule has 1 rings (SSSR count). The van der Waals surface area contributed by atoms with Crippen LogP contribution in [0.1, 0.15) is 13.3 Å². The topological polar surface area (TPSA) is 56.8 Å². The van der Waals surface area contributed by atoms with E-state index in [0.717, 1.165) is 11.4 Å². The third-order valence-corrected chi connectivity index (χ3v) is 2.93. The number of anilines is 1. The Morgan fingerprint density at radius 1 is 1.32 bits per heavy atom. The molecule has 5 heteroatoms. The predicted molar refractivity (Wildman–Crippen MR) is 73.5 cm³/mol. The van der Waals surface area contributed by atoms with Gasteiger partial charge < -0.3 is 19.5 Å². The van der Waals surface area contributed by atoms with Crippen LogP contribution in [-0.2, 0) is 14.3 Å². The maximum absolute atomic E-state index is 11.9. The summed E-state index contributed by atoms with van der Waals surface area (Å²) in [6, 6.07) is 7.40. The number of carbonyl (C=O) groups is 1. The number of nitrogens with one attached hydrogen (secondary N) is 1. The molecule has 0 aliphatic carbocycles. The van der Waals surface area contributed by atoms with E-state index in [4.69, 9.17) is 14.2 Å². The Hall–Kier alpha value is -1.75. The normalized spacial score (nSPS) is 13.5. The second kappa shape index (κ2) is 6.99. The van der Waals surface area contributed by atoms with Gasteiger partial charge >= 0.3 is 5.97 Å². The highest BCUT2D eigenvalue weighted by Gasteiger charge is 2.34. The van der Waals surface area contributed by atoms with Crippen LogP contribution in [0.25, 0.3) is 0 Å². The van der Waals surface area contributed by atoms with Crippen LogP contribution in [0.15, 0.2) is 24.3 Å². The number of carbonyl (C=O) groups excluding carboxylic acids is 1. The fraction of sp³-hybridized carbons (Fsp3) is 0.500. The third-order valence-electron chi connectivity index (χ3n) is 2.93. The standard InChI is InChI=1S/C14H21NO4/c1-14(8-9-17-2,13(16)19-4)15-11-6-5-7-12(10-11)18-3/h5-7,10,15H,8-9H2,1-4H3. The summed E-state index contributed by atoms with van der Waals surface area (Å²) >= 11 is 0. The maximum Gasteiger partial charge on any atom is 0.331 e. The van der Waals surface area contributed by atoms with Crippen molar-refractivity contribution in [3.63, 3.8) is 0 Å². The molecule has 5 nitrogen and oxygen atoms in total. The van der Waals surface area contributed by atoms with Crippen LogP contribution in [0, 0.1) is 0 Å². The van der Waals surface area contributed by atoms with Crippen LogP contribution in [0.3, 0.4) is 0 Å². The number of methoxy groups -OCH3 is 3. The minimum Gasteiger partial charge on any atom is -0.497 e. The smallest absolute Gasteiger partial charge is 0.331 e. The molecular weight excluding hydrogens is 246 g/mol. The van der Waals surface area contributed by atoms with Crippen LogP contribution >= 0.6 is 0 Å². The van der Waals surface area contributed by atoms with E-state index in [1.54, 1.807) is 21.1 Å². The van der Waals surface area contributed by atoms with Gasteiger partial charge in [0.25, 0.3) is 0 Å². The van der Waals surface area contributed by atoms with Gasteiger partial charge in [-0.05, 0) is 19.1 Å². The molecular formula is C14H21NO4. The molecule has 0 aliphatic rings. The van der Waals surface area contributed by atoms with Crippen molar-refractivity contribution in [1.29, 1.82) is 0 Å². The van der Waals surface area contributed by atoms with E-state index in [9.17, 15) is 4.79 Å². The summed E-state index contributed by atoms with van der Waals surface area (Å²) in [7, 11) is 4.58. The molecule has 0 aliphatic heterocycles. The third kappa shape index (κ3) is 4.13. The number of benzene rings is 1. The highest BCUT2D eigenvalue weighted by Crippen LogP contribution is 2.23. The van der Waals surface area contributed by atoms with Crippen molar-refractivity contribution < 1.29 is 19.0 Å². The first-order valence-corrected chi connectivity index (χ1v) is 6.05. The lowest BCUT2D eigenvalue weighted by Crippen LogP contribution is -2.45. The highest BCUT2D eigenvalue weighted by molar-refractivity contribution is 5.84. The Kier molecular flexibility index (Phi) is 5.63. The van der Waals surface area contributed by atoms with Crippen molar-refractivity contribution in [1.82, 2.24) is 0 Å². The summed E-state index contributed by atoms with van der Waals surface area (Å²) in [5.74, 6) is 0.399. The van der Waals surface area contributed by atoms with E-state index in [-0.39, 0.29) is 5.97 Å². The molecule has 1 unspecified atom stereocenters. The van der Waals surface area contributed by atoms with E-state index in [0.29, 0.717) is 13.0 Å². The lowest BCUT2D eigenvalue weighted by Gasteiger charge is -2.29. The number of rotatable bonds is 7. The Balaban J connectivity index is 2.89. The first-order chi connectivity index (χ1) is 9.05. The van der Waals surface area contributed by atoms with Crippen molar-refractivity contribution in [3.8, 4) is 5.75 Å². The number of hydrogen-bond donors (Lipinski definition) is 1. The van der Waals surface area contributed by atoms with Gasteiger partial charge in [0.15, 0.2) is 0 Å². The molecule has 1 atom stereocenters. The SMILES string of the molecule is COCCC(C)(Nc1cccc(OC)c1)C(=O)OC. The molecule has 0 amide bonds. The van der Waals surface area contributed by atoms with Gasteiger partial charge in [-0.15, -0.1) is 0 Å². The molecule has 0 fully saturated rings. The Morgan fingerprint density at radius 3 is 2.63 bits per heavy atom. The zero-order valence-electron chi connectivity index (χ0n) is 11.9. The summed E-state index contributed by atoms with van der Waals surface area (Å²) in [6.07, 6.45) is 0.507. The molecule has 0 saturated carbocycles. The van der Waals surface area contributed by atoms with Gasteiger partial charge in [0.2, 0.25) is 0 Å². The number of ether oxygens (including phenoxy) is 3. The second-order valence-electron chi connectivity index (χ2n) is 4.42. The van der Waals surface area contributed by atoms with Gasteiger partial charge in [0.05, 0.1) is 14.2 Å². The molecule has 0 aromatic heterocycles. The zero-order chi connectivity index (χ0) is 14.3. The quantitative estimate of drug-likeness (QED) is 0.766. The maximum atomic E-state index is 11.9. The van der Waals surface area contributed by atoms with Gasteiger partial charge in [-0.25, -0.2) is 4.79 Å². The summed E-state index contributed by atoms with van der Waals surface area (Å²) in [4.78, 5) is 11.9. The van der Waals surface area contributed by atoms with Gasteiger partial charge in [-0.1, -0.05) is 6.07 Å². The van der Waals surface area contributed by atoms with E-state index in [1.165, 1.54) is 7.11 Å². The summed E-state index contributed by atoms with van der Waals surface area (Å²) in [5, 5.41) is 3.18. The molecule has 0 bridgehead atoms. The summed E-state index contributed by atoms with van der Waals surface area (Å²) in [5.41, 5.74) is -0.0414. The van der Waals surface area contributed by atoms with E-state index >= 15 is 0 Å². The monoisotopic (exact) mass is 267 g/mol. The van der Waals surface area contributed by atoms with Crippen molar-refractivity contribution in [2.45, 2.75) is 18.9 Å². The molecule has 1 aromatic carbocycles. The van der Waals surface area contributed by atoms with E-state index in [2.05, 4.69) is 5.32 Å². The molecule has 106 valence electrons. The van der Waals surface area contributed by atoms with Crippen LogP contribution in [0.2, 0.25) is 0 Å². The average molecular weight is 267 g/mol. The molecule has 0 saturated heterocycles. The molecule has 1 N–H and O–H groups in total. The molecule has 1 aromatic rings. The minimum atomic E-state index is -0.836. The van der Waals surface area contributed by atoms with Crippen LogP contribution in [0.5, 0.6) is 5.75 Å². The molecule has 0 spiro atoms. The first-order valence-electron chi connectivity index (χ1n) is 6.05. The Bertz CT molecular complexity index is 422. The lowest BCUT2D eigenvalue weighted by atomic mass is 9.98. The Morgan fingerprint density at radius 2 is 2.05 bits per heavy atom. The van der Waals surface area contributed by atoms with Crippen LogP contribution in [0.4, 0.5) is 5.69 Å². The molecule has 0 heterocycles. The van der Waals surface area contributed by atoms with Crippen molar-refractivity contribution >= 4 is 11.7 Å². The number of esters is 1. The zero-order valence-corrected chi connectivity index (χ0v) is 11.9. The summed E-state index contributed by atoms with van der Waals surface area (Å²) < 4.78 is 15.1.